The average molecular weight is 227 g/mol. The van der Waals surface area contributed by atoms with Gasteiger partial charge < -0.3 is 10.4 Å². The Bertz CT molecular complexity index is 400. The van der Waals surface area contributed by atoms with Crippen molar-refractivity contribution in [3.05, 3.63) is 35.6 Å². The van der Waals surface area contributed by atoms with Crippen LogP contribution >= 0.6 is 11.6 Å². The topological polar surface area (TPSA) is 79.3 Å². The van der Waals surface area contributed by atoms with Crippen LogP contribution < -0.4 is 5.32 Å². The van der Waals surface area contributed by atoms with Crippen molar-refractivity contribution in [2.45, 2.75) is 0 Å². The fourth-order valence-electron chi connectivity index (χ4n) is 0.781. The molecule has 0 aliphatic rings. The predicted molar refractivity (Wildman–Crippen MR) is 54.7 cm³/mol. The van der Waals surface area contributed by atoms with Crippen molar-refractivity contribution in [2.75, 3.05) is 5.32 Å². The maximum absolute atomic E-state index is 11.1. The van der Waals surface area contributed by atoms with Gasteiger partial charge in [-0.25, -0.2) is 9.78 Å². The number of aromatic nitrogens is 1. The zero-order valence-electron chi connectivity index (χ0n) is 7.48. The lowest BCUT2D eigenvalue weighted by atomic mass is 10.4. The van der Waals surface area contributed by atoms with Crippen LogP contribution in [0.3, 0.4) is 0 Å². The molecule has 0 saturated heterocycles. The summed E-state index contributed by atoms with van der Waals surface area (Å²) in [5.41, 5.74) is 0.444. The van der Waals surface area contributed by atoms with Gasteiger partial charge in [-0.1, -0.05) is 11.6 Å². The predicted octanol–water partition coefficient (Wildman–Crippen LogP) is 1.31. The summed E-state index contributed by atoms with van der Waals surface area (Å²) in [5, 5.41) is 11.0. The summed E-state index contributed by atoms with van der Waals surface area (Å²) < 4.78 is 0. The highest BCUT2D eigenvalue weighted by molar-refractivity contribution is 6.29. The Labute approximate surface area is 90.4 Å². The molecule has 0 spiro atoms. The molecule has 15 heavy (non-hydrogen) atoms. The van der Waals surface area contributed by atoms with Crippen molar-refractivity contribution in [3.8, 4) is 0 Å². The van der Waals surface area contributed by atoms with Crippen LogP contribution in [0.15, 0.2) is 30.5 Å². The number of halogens is 1. The third-order valence-electron chi connectivity index (χ3n) is 1.37. The van der Waals surface area contributed by atoms with Crippen molar-refractivity contribution in [3.63, 3.8) is 0 Å². The van der Waals surface area contributed by atoms with Crippen LogP contribution in [0.1, 0.15) is 0 Å². The number of aliphatic carboxylic acids is 1. The number of carbonyl (C=O) groups is 2. The SMILES string of the molecule is O=C(O)/C=C/C(=O)Nc1ccc(Cl)nc1. The summed E-state index contributed by atoms with van der Waals surface area (Å²) in [5.74, 6) is -1.72. The van der Waals surface area contributed by atoms with E-state index in [1.54, 1.807) is 6.07 Å². The fraction of sp³-hybridized carbons (Fsp3) is 0. The molecule has 0 aromatic carbocycles. The number of rotatable bonds is 3. The van der Waals surface area contributed by atoms with E-state index in [1.165, 1.54) is 12.3 Å². The van der Waals surface area contributed by atoms with Crippen molar-refractivity contribution in [2.24, 2.45) is 0 Å². The lowest BCUT2D eigenvalue weighted by molar-refractivity contribution is -0.131. The van der Waals surface area contributed by atoms with E-state index in [0.29, 0.717) is 10.8 Å². The number of amides is 1. The Morgan fingerprint density at radius 1 is 1.40 bits per heavy atom. The van der Waals surface area contributed by atoms with Crippen LogP contribution in [-0.4, -0.2) is 22.0 Å². The standard InChI is InChI=1S/C9H7ClN2O3/c10-7-2-1-6(5-11-7)12-8(13)3-4-9(14)15/h1-5H,(H,12,13)(H,14,15)/b4-3+. The number of nitrogens with one attached hydrogen (secondary N) is 1. The lowest BCUT2D eigenvalue weighted by Crippen LogP contribution is -2.08. The summed E-state index contributed by atoms with van der Waals surface area (Å²) in [6.45, 7) is 0. The highest BCUT2D eigenvalue weighted by Gasteiger charge is 1.98. The number of carboxylic acids is 1. The number of carbonyl (C=O) groups excluding carboxylic acids is 1. The Hall–Kier alpha value is -1.88. The van der Waals surface area contributed by atoms with Gasteiger partial charge in [0.05, 0.1) is 11.9 Å². The minimum atomic E-state index is -1.18. The summed E-state index contributed by atoms with van der Waals surface area (Å²) >= 11 is 5.54. The van der Waals surface area contributed by atoms with E-state index in [1.807, 2.05) is 0 Å². The van der Waals surface area contributed by atoms with E-state index < -0.39 is 11.9 Å². The first-order valence-electron chi connectivity index (χ1n) is 3.91. The second-order valence-electron chi connectivity index (χ2n) is 2.53. The first-order valence-corrected chi connectivity index (χ1v) is 4.29. The number of hydrogen-bond donors (Lipinski definition) is 2. The second-order valence-corrected chi connectivity index (χ2v) is 2.92. The summed E-state index contributed by atoms with van der Waals surface area (Å²) in [7, 11) is 0. The largest absolute Gasteiger partial charge is 0.478 e. The minimum Gasteiger partial charge on any atom is -0.478 e. The van der Waals surface area contributed by atoms with E-state index in [2.05, 4.69) is 10.3 Å². The van der Waals surface area contributed by atoms with Crippen LogP contribution in [0, 0.1) is 0 Å². The number of hydrogen-bond acceptors (Lipinski definition) is 3. The third-order valence-corrected chi connectivity index (χ3v) is 1.60. The number of anilines is 1. The molecule has 0 atom stereocenters. The summed E-state index contributed by atoms with van der Waals surface area (Å²) in [4.78, 5) is 24.9. The number of pyridine rings is 1. The molecule has 1 amide bonds. The summed E-state index contributed by atoms with van der Waals surface area (Å²) in [6.07, 6.45) is 3.03. The average Bonchev–Trinajstić information content (AvgIpc) is 2.19. The van der Waals surface area contributed by atoms with Crippen molar-refractivity contribution in [1.29, 1.82) is 0 Å². The molecule has 0 saturated carbocycles. The van der Waals surface area contributed by atoms with Gasteiger partial charge in [0.2, 0.25) is 5.91 Å². The Morgan fingerprint density at radius 2 is 2.13 bits per heavy atom. The number of carboxylic acid groups (broad SMARTS) is 1. The van der Waals surface area contributed by atoms with Gasteiger partial charge in [0.15, 0.2) is 0 Å². The van der Waals surface area contributed by atoms with E-state index in [0.717, 1.165) is 12.2 Å². The van der Waals surface area contributed by atoms with Crippen molar-refractivity contribution < 1.29 is 14.7 Å². The molecule has 78 valence electrons. The zero-order chi connectivity index (χ0) is 11.3. The van der Waals surface area contributed by atoms with Crippen molar-refractivity contribution in [1.82, 2.24) is 4.98 Å². The van der Waals surface area contributed by atoms with Crippen LogP contribution in [0.4, 0.5) is 5.69 Å². The van der Waals surface area contributed by atoms with E-state index in [4.69, 9.17) is 16.7 Å². The van der Waals surface area contributed by atoms with Gasteiger partial charge in [-0.2, -0.15) is 0 Å². The quantitative estimate of drug-likeness (QED) is 0.602. The lowest BCUT2D eigenvalue weighted by Gasteiger charge is -2.00. The molecule has 0 aliphatic heterocycles. The minimum absolute atomic E-state index is 0.314. The molecule has 2 N–H and O–H groups in total. The fourth-order valence-corrected chi connectivity index (χ4v) is 0.892. The maximum Gasteiger partial charge on any atom is 0.328 e. The van der Waals surface area contributed by atoms with Gasteiger partial charge in [0, 0.05) is 12.2 Å². The summed E-state index contributed by atoms with van der Waals surface area (Å²) in [6, 6.07) is 3.07. The van der Waals surface area contributed by atoms with Gasteiger partial charge in [0.25, 0.3) is 0 Å². The zero-order valence-corrected chi connectivity index (χ0v) is 8.23. The molecule has 1 aromatic rings. The van der Waals surface area contributed by atoms with Gasteiger partial charge in [-0.3, -0.25) is 4.79 Å². The van der Waals surface area contributed by atoms with Gasteiger partial charge in [0.1, 0.15) is 5.15 Å². The molecule has 0 radical (unpaired) electrons. The van der Waals surface area contributed by atoms with Crippen LogP contribution in [0.25, 0.3) is 0 Å². The molecule has 1 rings (SSSR count). The molecule has 0 bridgehead atoms. The molecule has 5 nitrogen and oxygen atoms in total. The molecule has 0 aliphatic carbocycles. The Morgan fingerprint density at radius 3 is 2.67 bits per heavy atom. The Kier molecular flexibility index (Phi) is 3.82. The first kappa shape index (κ1) is 11.2. The second kappa shape index (κ2) is 5.11. The van der Waals surface area contributed by atoms with E-state index in [9.17, 15) is 9.59 Å². The molecular formula is C9H7ClN2O3. The smallest absolute Gasteiger partial charge is 0.328 e. The molecule has 1 aromatic heterocycles. The first-order chi connectivity index (χ1) is 7.08. The van der Waals surface area contributed by atoms with Crippen LogP contribution in [0.2, 0.25) is 5.15 Å². The van der Waals surface area contributed by atoms with Crippen LogP contribution in [-0.2, 0) is 9.59 Å². The number of nitrogens with zero attached hydrogens (tertiary/aromatic N) is 1. The molecule has 1 heterocycles. The van der Waals surface area contributed by atoms with E-state index >= 15 is 0 Å². The van der Waals surface area contributed by atoms with Crippen molar-refractivity contribution >= 4 is 29.2 Å². The van der Waals surface area contributed by atoms with Gasteiger partial charge in [-0.15, -0.1) is 0 Å². The Balaban J connectivity index is 2.59. The molecule has 6 heteroatoms. The normalized spacial score (nSPS) is 10.2. The van der Waals surface area contributed by atoms with Gasteiger partial charge in [-0.05, 0) is 12.1 Å². The molecule has 0 unspecified atom stereocenters. The highest BCUT2D eigenvalue weighted by atomic mass is 35.5. The van der Waals surface area contributed by atoms with Gasteiger partial charge >= 0.3 is 5.97 Å². The molecule has 0 fully saturated rings. The third kappa shape index (κ3) is 4.24. The monoisotopic (exact) mass is 226 g/mol. The maximum atomic E-state index is 11.1. The van der Waals surface area contributed by atoms with E-state index in [-0.39, 0.29) is 0 Å². The highest BCUT2D eigenvalue weighted by Crippen LogP contribution is 2.09. The molecular weight excluding hydrogens is 220 g/mol. The van der Waals surface area contributed by atoms with Crippen LogP contribution in [0.5, 0.6) is 0 Å².